The van der Waals surface area contributed by atoms with Crippen molar-refractivity contribution < 1.29 is 22.9 Å². The predicted octanol–water partition coefficient (Wildman–Crippen LogP) is 2.67. The van der Waals surface area contributed by atoms with Crippen LogP contribution in [0.15, 0.2) is 52.5 Å². The summed E-state index contributed by atoms with van der Waals surface area (Å²) in [5.74, 6) is -0.278. The number of aromatic hydroxyl groups is 1. The van der Waals surface area contributed by atoms with E-state index in [9.17, 15) is 13.5 Å². The van der Waals surface area contributed by atoms with Crippen LogP contribution in [0.25, 0.3) is 0 Å². The number of phenols is 1. The van der Waals surface area contributed by atoms with Crippen LogP contribution < -0.4 is 4.18 Å². The standard InChI is InChI=1S/C15H15NO5S/c1-10-3-6-13(7-4-10)22(19,20)21-12-5-8-14(11(2)16-18)15(17)9-12/h3-9,17-18H,1-2H3/b16-11+. The quantitative estimate of drug-likeness (QED) is 0.390. The second-order valence-corrected chi connectivity index (χ2v) is 6.26. The van der Waals surface area contributed by atoms with Crippen molar-refractivity contribution in [3.63, 3.8) is 0 Å². The third-order valence-corrected chi connectivity index (χ3v) is 4.29. The van der Waals surface area contributed by atoms with Crippen molar-refractivity contribution in [3.8, 4) is 11.5 Å². The van der Waals surface area contributed by atoms with Crippen LogP contribution in [0.2, 0.25) is 0 Å². The highest BCUT2D eigenvalue weighted by molar-refractivity contribution is 7.87. The number of hydrogen-bond donors (Lipinski definition) is 2. The summed E-state index contributed by atoms with van der Waals surface area (Å²) in [6.07, 6.45) is 0. The zero-order chi connectivity index (χ0) is 16.3. The molecule has 2 aromatic rings. The summed E-state index contributed by atoms with van der Waals surface area (Å²) in [5.41, 5.74) is 1.41. The third-order valence-electron chi connectivity index (χ3n) is 3.02. The lowest BCUT2D eigenvalue weighted by atomic mass is 10.1. The maximum atomic E-state index is 12.1. The van der Waals surface area contributed by atoms with Crippen molar-refractivity contribution >= 4 is 15.8 Å². The SMILES string of the molecule is C/C(=N\O)c1ccc(OS(=O)(=O)c2ccc(C)cc2)cc1O. The molecule has 116 valence electrons. The molecule has 0 radical (unpaired) electrons. The molecular weight excluding hydrogens is 306 g/mol. The Labute approximate surface area is 128 Å². The van der Waals surface area contributed by atoms with Crippen LogP contribution in [-0.2, 0) is 10.1 Å². The Balaban J connectivity index is 2.30. The maximum absolute atomic E-state index is 12.1. The summed E-state index contributed by atoms with van der Waals surface area (Å²) in [4.78, 5) is 0.0229. The van der Waals surface area contributed by atoms with Crippen LogP contribution in [0.5, 0.6) is 11.5 Å². The van der Waals surface area contributed by atoms with E-state index < -0.39 is 10.1 Å². The highest BCUT2D eigenvalue weighted by atomic mass is 32.2. The molecule has 2 N–H and O–H groups in total. The highest BCUT2D eigenvalue weighted by Gasteiger charge is 2.17. The molecule has 0 unspecified atom stereocenters. The van der Waals surface area contributed by atoms with Crippen molar-refractivity contribution in [2.45, 2.75) is 18.7 Å². The van der Waals surface area contributed by atoms with Gasteiger partial charge in [0.05, 0.1) is 5.71 Å². The van der Waals surface area contributed by atoms with E-state index in [0.29, 0.717) is 0 Å². The minimum absolute atomic E-state index is 0.0229. The maximum Gasteiger partial charge on any atom is 0.339 e. The topological polar surface area (TPSA) is 96.2 Å². The number of phenolic OH excluding ortho intramolecular Hbond substituents is 1. The van der Waals surface area contributed by atoms with Gasteiger partial charge in [0.1, 0.15) is 16.4 Å². The van der Waals surface area contributed by atoms with Gasteiger partial charge < -0.3 is 14.5 Å². The highest BCUT2D eigenvalue weighted by Crippen LogP contribution is 2.26. The van der Waals surface area contributed by atoms with Crippen molar-refractivity contribution in [2.75, 3.05) is 0 Å². The first-order valence-corrected chi connectivity index (χ1v) is 7.77. The lowest BCUT2D eigenvalue weighted by Gasteiger charge is -2.09. The first-order chi connectivity index (χ1) is 10.3. The van der Waals surface area contributed by atoms with Crippen molar-refractivity contribution in [1.29, 1.82) is 0 Å². The van der Waals surface area contributed by atoms with Crippen molar-refractivity contribution in [1.82, 2.24) is 0 Å². The van der Waals surface area contributed by atoms with Gasteiger partial charge in [-0.25, -0.2) is 0 Å². The molecule has 0 amide bonds. The Bertz CT molecular complexity index is 810. The number of hydrogen-bond acceptors (Lipinski definition) is 6. The van der Waals surface area contributed by atoms with Gasteiger partial charge in [0.15, 0.2) is 0 Å². The summed E-state index contributed by atoms with van der Waals surface area (Å²) in [7, 11) is -3.98. The van der Waals surface area contributed by atoms with E-state index in [1.54, 1.807) is 12.1 Å². The number of benzene rings is 2. The fraction of sp³-hybridized carbons (Fsp3) is 0.133. The third kappa shape index (κ3) is 3.37. The van der Waals surface area contributed by atoms with Gasteiger partial charge in [-0.2, -0.15) is 8.42 Å². The zero-order valence-electron chi connectivity index (χ0n) is 12.0. The lowest BCUT2D eigenvalue weighted by molar-refractivity contribution is 0.318. The van der Waals surface area contributed by atoms with E-state index in [1.807, 2.05) is 6.92 Å². The Morgan fingerprint density at radius 2 is 1.77 bits per heavy atom. The molecule has 0 saturated carbocycles. The number of rotatable bonds is 4. The van der Waals surface area contributed by atoms with Gasteiger partial charge in [-0.15, -0.1) is 0 Å². The summed E-state index contributed by atoms with van der Waals surface area (Å²) in [5, 5.41) is 21.5. The van der Waals surface area contributed by atoms with E-state index in [2.05, 4.69) is 5.16 Å². The largest absolute Gasteiger partial charge is 0.507 e. The molecular formula is C15H15NO5S. The second kappa shape index (κ2) is 6.07. The van der Waals surface area contributed by atoms with E-state index in [0.717, 1.165) is 11.6 Å². The zero-order valence-corrected chi connectivity index (χ0v) is 12.8. The van der Waals surface area contributed by atoms with Crippen LogP contribution in [0.1, 0.15) is 18.1 Å². The van der Waals surface area contributed by atoms with Gasteiger partial charge in [0, 0.05) is 11.6 Å². The average molecular weight is 321 g/mol. The Kier molecular flexibility index (Phi) is 4.37. The molecule has 0 fully saturated rings. The summed E-state index contributed by atoms with van der Waals surface area (Å²) in [6, 6.07) is 10.1. The lowest BCUT2D eigenvalue weighted by Crippen LogP contribution is -2.09. The van der Waals surface area contributed by atoms with Gasteiger partial charge in [0.25, 0.3) is 0 Å². The molecule has 0 aliphatic rings. The Morgan fingerprint density at radius 3 is 2.32 bits per heavy atom. The van der Waals surface area contributed by atoms with Gasteiger partial charge in [-0.05, 0) is 38.1 Å². The smallest absolute Gasteiger partial charge is 0.339 e. The predicted molar refractivity (Wildman–Crippen MR) is 81.1 cm³/mol. The molecule has 0 aliphatic carbocycles. The Hall–Kier alpha value is -2.54. The number of nitrogens with zero attached hydrogens (tertiary/aromatic N) is 1. The molecule has 0 heterocycles. The van der Waals surface area contributed by atoms with E-state index >= 15 is 0 Å². The molecule has 22 heavy (non-hydrogen) atoms. The second-order valence-electron chi connectivity index (χ2n) is 4.71. The molecule has 0 bridgehead atoms. The van der Waals surface area contributed by atoms with Gasteiger partial charge in [-0.1, -0.05) is 22.9 Å². The fourth-order valence-electron chi connectivity index (χ4n) is 1.80. The van der Waals surface area contributed by atoms with Gasteiger partial charge in [-0.3, -0.25) is 0 Å². The van der Waals surface area contributed by atoms with Crippen molar-refractivity contribution in [2.24, 2.45) is 5.16 Å². The number of oxime groups is 1. The van der Waals surface area contributed by atoms with E-state index in [1.165, 1.54) is 31.2 Å². The monoisotopic (exact) mass is 321 g/mol. The molecule has 0 atom stereocenters. The van der Waals surface area contributed by atoms with Crippen molar-refractivity contribution in [3.05, 3.63) is 53.6 Å². The first-order valence-electron chi connectivity index (χ1n) is 6.36. The van der Waals surface area contributed by atoms with Crippen LogP contribution in [-0.4, -0.2) is 24.4 Å². The van der Waals surface area contributed by atoms with Crippen LogP contribution in [0.3, 0.4) is 0 Å². The van der Waals surface area contributed by atoms with Crippen LogP contribution in [0.4, 0.5) is 0 Å². The summed E-state index contributed by atoms with van der Waals surface area (Å²) in [6.45, 7) is 3.34. The minimum atomic E-state index is -3.98. The molecule has 0 spiro atoms. The van der Waals surface area contributed by atoms with E-state index in [4.69, 9.17) is 9.39 Å². The summed E-state index contributed by atoms with van der Waals surface area (Å²) < 4.78 is 29.2. The van der Waals surface area contributed by atoms with Gasteiger partial charge >= 0.3 is 10.1 Å². The summed E-state index contributed by atoms with van der Waals surface area (Å²) >= 11 is 0. The molecule has 0 saturated heterocycles. The van der Waals surface area contributed by atoms with E-state index in [-0.39, 0.29) is 27.7 Å². The van der Waals surface area contributed by atoms with Crippen LogP contribution in [0, 0.1) is 6.92 Å². The van der Waals surface area contributed by atoms with Crippen LogP contribution >= 0.6 is 0 Å². The normalized spacial score (nSPS) is 12.2. The minimum Gasteiger partial charge on any atom is -0.507 e. The fourth-order valence-corrected chi connectivity index (χ4v) is 2.73. The molecule has 2 rings (SSSR count). The molecule has 0 aliphatic heterocycles. The molecule has 0 aromatic heterocycles. The first kappa shape index (κ1) is 15.8. The molecule has 7 heteroatoms. The number of aryl methyl sites for hydroxylation is 1. The molecule has 6 nitrogen and oxygen atoms in total. The average Bonchev–Trinajstić information content (AvgIpc) is 2.46. The van der Waals surface area contributed by atoms with Gasteiger partial charge in [0.2, 0.25) is 0 Å². The molecule has 2 aromatic carbocycles. The Morgan fingerprint density at radius 1 is 1.14 bits per heavy atom.